The van der Waals surface area contributed by atoms with E-state index in [1.807, 2.05) is 27.7 Å². The summed E-state index contributed by atoms with van der Waals surface area (Å²) in [4.78, 5) is 28.5. The van der Waals surface area contributed by atoms with Gasteiger partial charge in [-0.05, 0) is 24.5 Å². The van der Waals surface area contributed by atoms with Gasteiger partial charge in [0, 0.05) is 11.6 Å². The number of Topliss-reactive ketones (excluding diaryl/α,β-unsaturated/α-hetero) is 1. The molecule has 1 aromatic heterocycles. The number of halogens is 1. The second kappa shape index (κ2) is 6.56. The number of ether oxygens (including phenoxy) is 1. The van der Waals surface area contributed by atoms with Crippen molar-refractivity contribution >= 4 is 23.4 Å². The highest BCUT2D eigenvalue weighted by molar-refractivity contribution is 6.33. The molecule has 0 bridgehead atoms. The van der Waals surface area contributed by atoms with E-state index in [0.29, 0.717) is 12.2 Å². The van der Waals surface area contributed by atoms with Crippen LogP contribution in [0.3, 0.4) is 0 Å². The molecule has 0 fully saturated rings. The number of carbonyl (C=O) groups is 2. The molecule has 0 aliphatic rings. The highest BCUT2D eigenvalue weighted by atomic mass is 35.5. The van der Waals surface area contributed by atoms with Crippen LogP contribution in [0.2, 0.25) is 5.15 Å². The Morgan fingerprint density at radius 2 is 1.90 bits per heavy atom. The first kappa shape index (κ1) is 17.6. The topological polar surface area (TPSA) is 56.3 Å². The molecule has 21 heavy (non-hydrogen) atoms. The van der Waals surface area contributed by atoms with Crippen LogP contribution in [0, 0.1) is 10.8 Å². The van der Waals surface area contributed by atoms with Crippen molar-refractivity contribution in [1.82, 2.24) is 4.98 Å². The van der Waals surface area contributed by atoms with Crippen molar-refractivity contribution in [2.75, 3.05) is 6.61 Å². The molecule has 0 aliphatic heterocycles. The SMILES string of the molecule is CCOC(=O)CC(C)(C)C(C)(C)C(=O)c1cccnc1Cl. The summed E-state index contributed by atoms with van der Waals surface area (Å²) in [5.74, 6) is -0.435. The number of hydrogen-bond donors (Lipinski definition) is 0. The lowest BCUT2D eigenvalue weighted by Crippen LogP contribution is -2.41. The fourth-order valence-corrected chi connectivity index (χ4v) is 2.20. The third kappa shape index (κ3) is 3.82. The normalized spacial score (nSPS) is 12.1. The number of rotatable bonds is 6. The Labute approximate surface area is 130 Å². The summed E-state index contributed by atoms with van der Waals surface area (Å²) in [5, 5.41) is 0.183. The third-order valence-electron chi connectivity index (χ3n) is 4.15. The smallest absolute Gasteiger partial charge is 0.306 e. The van der Waals surface area contributed by atoms with Crippen LogP contribution in [-0.4, -0.2) is 23.3 Å². The molecule has 0 atom stereocenters. The van der Waals surface area contributed by atoms with Crippen LogP contribution < -0.4 is 0 Å². The summed E-state index contributed by atoms with van der Waals surface area (Å²) in [5.41, 5.74) is -0.983. The summed E-state index contributed by atoms with van der Waals surface area (Å²) in [6.07, 6.45) is 1.70. The molecule has 0 unspecified atom stereocenters. The van der Waals surface area contributed by atoms with Crippen LogP contribution in [0.4, 0.5) is 0 Å². The molecule has 0 saturated heterocycles. The molecule has 0 radical (unpaired) electrons. The highest BCUT2D eigenvalue weighted by Crippen LogP contribution is 2.44. The molecule has 0 N–H and O–H groups in total. The number of nitrogens with zero attached hydrogens (tertiary/aromatic N) is 1. The fourth-order valence-electron chi connectivity index (χ4n) is 1.99. The monoisotopic (exact) mass is 311 g/mol. The lowest BCUT2D eigenvalue weighted by molar-refractivity contribution is -0.146. The molecule has 1 aromatic rings. The first-order valence-electron chi connectivity index (χ1n) is 6.94. The van der Waals surface area contributed by atoms with E-state index in [1.54, 1.807) is 19.1 Å². The maximum Gasteiger partial charge on any atom is 0.306 e. The first-order chi connectivity index (χ1) is 9.63. The Morgan fingerprint density at radius 1 is 1.29 bits per heavy atom. The number of carbonyl (C=O) groups excluding carboxylic acids is 2. The lowest BCUT2D eigenvalue weighted by Gasteiger charge is -2.39. The summed E-state index contributed by atoms with van der Waals surface area (Å²) < 4.78 is 4.99. The van der Waals surface area contributed by atoms with Crippen molar-refractivity contribution in [2.45, 2.75) is 41.0 Å². The fraction of sp³-hybridized carbons (Fsp3) is 0.562. The molecule has 1 heterocycles. The van der Waals surface area contributed by atoms with Gasteiger partial charge in [-0.2, -0.15) is 0 Å². The van der Waals surface area contributed by atoms with Crippen LogP contribution in [0.5, 0.6) is 0 Å². The molecule has 0 saturated carbocycles. The molecule has 0 amide bonds. The van der Waals surface area contributed by atoms with E-state index < -0.39 is 10.8 Å². The second-order valence-corrected chi connectivity index (χ2v) is 6.52. The number of pyridine rings is 1. The Hall–Kier alpha value is -1.42. The average Bonchev–Trinajstić information content (AvgIpc) is 2.37. The van der Waals surface area contributed by atoms with Gasteiger partial charge in [0.05, 0.1) is 18.6 Å². The predicted molar refractivity (Wildman–Crippen MR) is 82.4 cm³/mol. The standard InChI is InChI=1S/C16H22ClNO3/c1-6-21-12(19)10-15(2,3)16(4,5)13(20)11-8-7-9-18-14(11)17/h7-9H,6,10H2,1-5H3. The quantitative estimate of drug-likeness (QED) is 0.454. The van der Waals surface area contributed by atoms with E-state index >= 15 is 0 Å². The van der Waals surface area contributed by atoms with Crippen LogP contribution in [0.15, 0.2) is 18.3 Å². The lowest BCUT2D eigenvalue weighted by atomic mass is 9.63. The van der Waals surface area contributed by atoms with Crippen molar-refractivity contribution in [3.63, 3.8) is 0 Å². The van der Waals surface area contributed by atoms with Crippen LogP contribution in [0.1, 0.15) is 51.4 Å². The third-order valence-corrected chi connectivity index (χ3v) is 4.46. The van der Waals surface area contributed by atoms with Gasteiger partial charge in [-0.15, -0.1) is 0 Å². The van der Waals surface area contributed by atoms with Gasteiger partial charge < -0.3 is 4.74 Å². The minimum absolute atomic E-state index is 0.130. The maximum atomic E-state index is 12.8. The minimum atomic E-state index is -0.785. The summed E-state index contributed by atoms with van der Waals surface area (Å²) in [6.45, 7) is 9.49. The van der Waals surface area contributed by atoms with Crippen molar-refractivity contribution in [2.24, 2.45) is 10.8 Å². The zero-order valence-electron chi connectivity index (χ0n) is 13.2. The molecule has 0 aliphatic carbocycles. The van der Waals surface area contributed by atoms with Crippen molar-refractivity contribution in [1.29, 1.82) is 0 Å². The molecular weight excluding hydrogens is 290 g/mol. The van der Waals surface area contributed by atoms with Gasteiger partial charge >= 0.3 is 5.97 Å². The summed E-state index contributed by atoms with van der Waals surface area (Å²) in [6, 6.07) is 3.33. The Balaban J connectivity index is 3.06. The van der Waals surface area contributed by atoms with E-state index in [4.69, 9.17) is 16.3 Å². The van der Waals surface area contributed by atoms with E-state index in [9.17, 15) is 9.59 Å². The van der Waals surface area contributed by atoms with Crippen molar-refractivity contribution in [3.8, 4) is 0 Å². The minimum Gasteiger partial charge on any atom is -0.466 e. The molecule has 0 aromatic carbocycles. The van der Waals surface area contributed by atoms with Gasteiger partial charge in [0.25, 0.3) is 0 Å². The molecular formula is C16H22ClNO3. The van der Waals surface area contributed by atoms with Crippen molar-refractivity contribution in [3.05, 3.63) is 29.0 Å². The molecule has 4 nitrogen and oxygen atoms in total. The van der Waals surface area contributed by atoms with E-state index in [2.05, 4.69) is 4.98 Å². The van der Waals surface area contributed by atoms with Gasteiger partial charge in [-0.3, -0.25) is 9.59 Å². The van der Waals surface area contributed by atoms with Crippen LogP contribution in [-0.2, 0) is 9.53 Å². The molecule has 5 heteroatoms. The average molecular weight is 312 g/mol. The van der Waals surface area contributed by atoms with Gasteiger partial charge in [0.2, 0.25) is 0 Å². The molecule has 0 spiro atoms. The van der Waals surface area contributed by atoms with Crippen LogP contribution >= 0.6 is 11.6 Å². The largest absolute Gasteiger partial charge is 0.466 e. The molecule has 116 valence electrons. The number of hydrogen-bond acceptors (Lipinski definition) is 4. The Bertz CT molecular complexity index is 538. The predicted octanol–water partition coefficient (Wildman–Crippen LogP) is 3.92. The second-order valence-electron chi connectivity index (χ2n) is 6.16. The number of esters is 1. The number of ketones is 1. The van der Waals surface area contributed by atoms with Gasteiger partial charge in [-0.25, -0.2) is 4.98 Å². The van der Waals surface area contributed by atoms with E-state index in [0.717, 1.165) is 0 Å². The van der Waals surface area contributed by atoms with Crippen molar-refractivity contribution < 1.29 is 14.3 Å². The highest BCUT2D eigenvalue weighted by Gasteiger charge is 2.45. The summed E-state index contributed by atoms with van der Waals surface area (Å²) >= 11 is 6.01. The zero-order chi connectivity index (χ0) is 16.3. The van der Waals surface area contributed by atoms with Gasteiger partial charge in [0.15, 0.2) is 5.78 Å². The van der Waals surface area contributed by atoms with Gasteiger partial charge in [0.1, 0.15) is 5.15 Å². The molecule has 1 rings (SSSR count). The van der Waals surface area contributed by atoms with Crippen LogP contribution in [0.25, 0.3) is 0 Å². The Kier molecular flexibility index (Phi) is 5.51. The van der Waals surface area contributed by atoms with E-state index in [-0.39, 0.29) is 23.3 Å². The van der Waals surface area contributed by atoms with Gasteiger partial charge in [-0.1, -0.05) is 39.3 Å². The Morgan fingerprint density at radius 3 is 2.43 bits per heavy atom. The van der Waals surface area contributed by atoms with E-state index in [1.165, 1.54) is 6.20 Å². The zero-order valence-corrected chi connectivity index (χ0v) is 14.0. The maximum absolute atomic E-state index is 12.8. The summed E-state index contributed by atoms with van der Waals surface area (Å²) in [7, 11) is 0. The first-order valence-corrected chi connectivity index (χ1v) is 7.32. The number of aromatic nitrogens is 1.